The summed E-state index contributed by atoms with van der Waals surface area (Å²) in [5.74, 6) is 0.660. The van der Waals surface area contributed by atoms with E-state index in [0.717, 1.165) is 18.8 Å². The second-order valence-corrected chi connectivity index (χ2v) is 7.17. The Morgan fingerprint density at radius 3 is 1.96 bits per heavy atom. The molecule has 0 saturated carbocycles. The summed E-state index contributed by atoms with van der Waals surface area (Å²) in [6.45, 7) is 8.11. The summed E-state index contributed by atoms with van der Waals surface area (Å²) in [5, 5.41) is 9.66. The monoisotopic (exact) mass is 371 g/mol. The number of hydrogen-bond donors (Lipinski definition) is 3. The Bertz CT molecular complexity index is 730. The van der Waals surface area contributed by atoms with Crippen LogP contribution in [0.2, 0.25) is 0 Å². The molecule has 2 aromatic rings. The summed E-state index contributed by atoms with van der Waals surface area (Å²) in [5.41, 5.74) is 2.18. The Kier molecular flexibility index (Phi) is 7.07. The predicted octanol–water partition coefficient (Wildman–Crippen LogP) is 3.76. The maximum absolute atomic E-state index is 12.7. The van der Waals surface area contributed by atoms with Crippen molar-refractivity contribution in [1.82, 2.24) is 5.32 Å². The van der Waals surface area contributed by atoms with Crippen molar-refractivity contribution in [3.63, 3.8) is 0 Å². The third-order valence-electron chi connectivity index (χ3n) is 3.91. The number of ether oxygens (including phenoxy) is 2. The van der Waals surface area contributed by atoms with Crippen LogP contribution in [0, 0.1) is 0 Å². The quantitative estimate of drug-likeness (QED) is 0.617. The van der Waals surface area contributed by atoms with E-state index in [-0.39, 0.29) is 11.4 Å². The van der Waals surface area contributed by atoms with Crippen molar-refractivity contribution < 1.29 is 14.3 Å². The van der Waals surface area contributed by atoms with Crippen molar-refractivity contribution in [3.8, 4) is 11.5 Å². The number of carbonyl (C=O) groups excluding carboxylic acids is 1. The van der Waals surface area contributed by atoms with Crippen molar-refractivity contribution in [2.45, 2.75) is 26.3 Å². The van der Waals surface area contributed by atoms with Gasteiger partial charge in [-0.3, -0.25) is 4.79 Å². The number of methoxy groups -OCH3 is 2. The molecule has 0 aromatic heterocycles. The number of hydrogen-bond acceptors (Lipinski definition) is 5. The largest absolute Gasteiger partial charge is 0.496 e. The molecule has 6 heteroatoms. The molecule has 0 heterocycles. The van der Waals surface area contributed by atoms with Crippen molar-refractivity contribution in [1.29, 1.82) is 0 Å². The number of rotatable bonds is 8. The zero-order valence-corrected chi connectivity index (χ0v) is 16.7. The van der Waals surface area contributed by atoms with E-state index in [9.17, 15) is 4.79 Å². The van der Waals surface area contributed by atoms with Gasteiger partial charge in [-0.05, 0) is 57.2 Å². The number of amides is 1. The minimum absolute atomic E-state index is 0.107. The SMILES string of the molecule is COc1cccc(OC)c1C(=O)Nc1ccc(NCCNC(C)(C)C)cc1. The lowest BCUT2D eigenvalue weighted by molar-refractivity contribution is 0.102. The van der Waals surface area contributed by atoms with Gasteiger partial charge in [0.05, 0.1) is 14.2 Å². The van der Waals surface area contributed by atoms with E-state index in [4.69, 9.17) is 9.47 Å². The van der Waals surface area contributed by atoms with E-state index >= 15 is 0 Å². The molecule has 0 saturated heterocycles. The molecule has 0 unspecified atom stereocenters. The normalized spacial score (nSPS) is 11.0. The van der Waals surface area contributed by atoms with Gasteiger partial charge >= 0.3 is 0 Å². The molecule has 27 heavy (non-hydrogen) atoms. The molecule has 1 amide bonds. The molecule has 0 aliphatic carbocycles. The van der Waals surface area contributed by atoms with Crippen molar-refractivity contribution in [3.05, 3.63) is 48.0 Å². The summed E-state index contributed by atoms with van der Waals surface area (Å²) in [7, 11) is 3.06. The average Bonchev–Trinajstić information content (AvgIpc) is 2.64. The summed E-state index contributed by atoms with van der Waals surface area (Å²) >= 11 is 0. The van der Waals surface area contributed by atoms with Crippen LogP contribution < -0.4 is 25.4 Å². The van der Waals surface area contributed by atoms with Crippen molar-refractivity contribution in [2.75, 3.05) is 37.9 Å². The molecule has 0 spiro atoms. The molecule has 0 atom stereocenters. The lowest BCUT2D eigenvalue weighted by Gasteiger charge is -2.20. The van der Waals surface area contributed by atoms with Gasteiger partial charge in [0.1, 0.15) is 17.1 Å². The molecule has 3 N–H and O–H groups in total. The summed E-state index contributed by atoms with van der Waals surface area (Å²) in [4.78, 5) is 12.7. The number of carbonyl (C=O) groups is 1. The zero-order valence-electron chi connectivity index (χ0n) is 16.7. The smallest absolute Gasteiger partial charge is 0.263 e. The van der Waals surface area contributed by atoms with Gasteiger partial charge in [0.25, 0.3) is 5.91 Å². The molecule has 0 aliphatic rings. The van der Waals surface area contributed by atoms with Gasteiger partial charge < -0.3 is 25.4 Å². The lowest BCUT2D eigenvalue weighted by Crippen LogP contribution is -2.38. The Labute approximate surface area is 161 Å². The van der Waals surface area contributed by atoms with E-state index in [1.165, 1.54) is 14.2 Å². The van der Waals surface area contributed by atoms with Crippen LogP contribution in [0.1, 0.15) is 31.1 Å². The standard InChI is InChI=1S/C21H29N3O3/c1-21(2,3)23-14-13-22-15-9-11-16(12-10-15)24-20(25)19-17(26-4)7-6-8-18(19)27-5/h6-12,22-23H,13-14H2,1-5H3,(H,24,25). The summed E-state index contributed by atoms with van der Waals surface area (Å²) < 4.78 is 10.6. The van der Waals surface area contributed by atoms with E-state index in [2.05, 4.69) is 36.7 Å². The van der Waals surface area contributed by atoms with E-state index < -0.39 is 0 Å². The van der Waals surface area contributed by atoms with E-state index in [0.29, 0.717) is 22.7 Å². The van der Waals surface area contributed by atoms with Gasteiger partial charge in [-0.2, -0.15) is 0 Å². The molecule has 0 aliphatic heterocycles. The molecule has 0 bridgehead atoms. The summed E-state index contributed by atoms with van der Waals surface area (Å²) in [6, 6.07) is 12.8. The fourth-order valence-electron chi connectivity index (χ4n) is 2.58. The molecular formula is C21H29N3O3. The Morgan fingerprint density at radius 1 is 0.889 bits per heavy atom. The maximum atomic E-state index is 12.7. The maximum Gasteiger partial charge on any atom is 0.263 e. The Balaban J connectivity index is 1.98. The molecule has 0 fully saturated rings. The van der Waals surface area contributed by atoms with Crippen LogP contribution in [0.3, 0.4) is 0 Å². The number of anilines is 2. The van der Waals surface area contributed by atoms with Gasteiger partial charge in [0, 0.05) is 30.0 Å². The molecule has 0 radical (unpaired) electrons. The fraction of sp³-hybridized carbons (Fsp3) is 0.381. The lowest BCUT2D eigenvalue weighted by atomic mass is 10.1. The molecule has 6 nitrogen and oxygen atoms in total. The fourth-order valence-corrected chi connectivity index (χ4v) is 2.58. The minimum Gasteiger partial charge on any atom is -0.496 e. The Morgan fingerprint density at radius 2 is 1.44 bits per heavy atom. The second-order valence-electron chi connectivity index (χ2n) is 7.17. The highest BCUT2D eigenvalue weighted by Crippen LogP contribution is 2.29. The van der Waals surface area contributed by atoms with Crippen molar-refractivity contribution in [2.24, 2.45) is 0 Å². The van der Waals surface area contributed by atoms with Crippen LogP contribution in [0.15, 0.2) is 42.5 Å². The third kappa shape index (κ3) is 6.18. The highest BCUT2D eigenvalue weighted by molar-refractivity contribution is 6.08. The number of benzene rings is 2. The number of nitrogens with one attached hydrogen (secondary N) is 3. The van der Waals surface area contributed by atoms with Gasteiger partial charge in [-0.15, -0.1) is 0 Å². The van der Waals surface area contributed by atoms with Crippen LogP contribution in [-0.4, -0.2) is 38.8 Å². The zero-order chi connectivity index (χ0) is 19.9. The van der Waals surface area contributed by atoms with Gasteiger partial charge in [0.2, 0.25) is 0 Å². The second kappa shape index (κ2) is 9.28. The van der Waals surface area contributed by atoms with Crippen LogP contribution in [0.25, 0.3) is 0 Å². The highest BCUT2D eigenvalue weighted by Gasteiger charge is 2.18. The van der Waals surface area contributed by atoms with Crippen LogP contribution >= 0.6 is 0 Å². The van der Waals surface area contributed by atoms with Gasteiger partial charge in [-0.1, -0.05) is 6.07 Å². The molecule has 2 aromatic carbocycles. The van der Waals surface area contributed by atoms with Crippen LogP contribution in [0.4, 0.5) is 11.4 Å². The third-order valence-corrected chi connectivity index (χ3v) is 3.91. The predicted molar refractivity (Wildman–Crippen MR) is 110 cm³/mol. The summed E-state index contributed by atoms with van der Waals surface area (Å²) in [6.07, 6.45) is 0. The van der Waals surface area contributed by atoms with E-state index in [1.54, 1.807) is 18.2 Å². The molecular weight excluding hydrogens is 342 g/mol. The topological polar surface area (TPSA) is 71.6 Å². The Hall–Kier alpha value is -2.73. The first-order valence-corrected chi connectivity index (χ1v) is 8.95. The average molecular weight is 371 g/mol. The highest BCUT2D eigenvalue weighted by atomic mass is 16.5. The van der Waals surface area contributed by atoms with Crippen LogP contribution in [-0.2, 0) is 0 Å². The molecule has 2 rings (SSSR count). The van der Waals surface area contributed by atoms with Crippen molar-refractivity contribution >= 4 is 17.3 Å². The minimum atomic E-state index is -0.278. The first-order chi connectivity index (χ1) is 12.8. The van der Waals surface area contributed by atoms with E-state index in [1.807, 2.05) is 24.3 Å². The first kappa shape index (κ1) is 20.6. The van der Waals surface area contributed by atoms with Gasteiger partial charge in [-0.25, -0.2) is 0 Å². The van der Waals surface area contributed by atoms with Gasteiger partial charge in [0.15, 0.2) is 0 Å². The first-order valence-electron chi connectivity index (χ1n) is 8.95. The van der Waals surface area contributed by atoms with Crippen LogP contribution in [0.5, 0.6) is 11.5 Å². The molecule has 146 valence electrons.